The third kappa shape index (κ3) is 2.99. The summed E-state index contributed by atoms with van der Waals surface area (Å²) in [5.74, 6) is -0.165. The van der Waals surface area contributed by atoms with Crippen LogP contribution in [0.3, 0.4) is 0 Å². The molecular weight excluding hydrogens is 239 g/mol. The van der Waals surface area contributed by atoms with Crippen LogP contribution in [0.1, 0.15) is 35.3 Å². The lowest BCUT2D eigenvalue weighted by atomic mass is 9.96. The normalized spacial score (nSPS) is 12.4. The highest BCUT2D eigenvalue weighted by Gasteiger charge is 2.16. The zero-order chi connectivity index (χ0) is 13.8. The highest BCUT2D eigenvalue weighted by Crippen LogP contribution is 2.25. The maximum Gasteiger partial charge on any atom is 0.126 e. The van der Waals surface area contributed by atoms with E-state index in [1.807, 2.05) is 25.1 Å². The van der Waals surface area contributed by atoms with Crippen LogP contribution in [-0.2, 0) is 0 Å². The van der Waals surface area contributed by atoms with Crippen molar-refractivity contribution in [3.63, 3.8) is 0 Å². The molecule has 0 amide bonds. The largest absolute Gasteiger partial charge is 0.306 e. The Balaban J connectivity index is 2.45. The first kappa shape index (κ1) is 13.7. The highest BCUT2D eigenvalue weighted by molar-refractivity contribution is 5.36. The van der Waals surface area contributed by atoms with Crippen molar-refractivity contribution in [3.8, 4) is 0 Å². The summed E-state index contributed by atoms with van der Waals surface area (Å²) in [5.41, 5.74) is 3.87. The number of nitrogens with one attached hydrogen (secondary N) is 1. The van der Waals surface area contributed by atoms with Gasteiger partial charge in [0.15, 0.2) is 0 Å². The van der Waals surface area contributed by atoms with Crippen LogP contribution in [-0.4, -0.2) is 11.5 Å². The van der Waals surface area contributed by atoms with Gasteiger partial charge in [-0.1, -0.05) is 25.1 Å². The van der Waals surface area contributed by atoms with Gasteiger partial charge in [0, 0.05) is 11.9 Å². The summed E-state index contributed by atoms with van der Waals surface area (Å²) < 4.78 is 13.4. The summed E-state index contributed by atoms with van der Waals surface area (Å²) >= 11 is 0. The number of aryl methyl sites for hydroxylation is 2. The minimum atomic E-state index is -0.165. The number of hydrogen-bond donors (Lipinski definition) is 1. The van der Waals surface area contributed by atoms with Crippen LogP contribution in [0, 0.1) is 19.7 Å². The van der Waals surface area contributed by atoms with Gasteiger partial charge < -0.3 is 5.32 Å². The fraction of sp³-hybridized carbons (Fsp3) is 0.312. The molecule has 1 aromatic carbocycles. The summed E-state index contributed by atoms with van der Waals surface area (Å²) in [4.78, 5) is 4.33. The monoisotopic (exact) mass is 258 g/mol. The van der Waals surface area contributed by atoms with Crippen LogP contribution in [0.15, 0.2) is 36.5 Å². The SMILES string of the molecule is CCNC(c1ccc(F)c(C)c1)c1cccnc1C. The number of hydrogen-bond acceptors (Lipinski definition) is 2. The minimum Gasteiger partial charge on any atom is -0.306 e. The predicted octanol–water partition coefficient (Wildman–Crippen LogP) is 3.54. The van der Waals surface area contributed by atoms with Crippen LogP contribution >= 0.6 is 0 Å². The van der Waals surface area contributed by atoms with E-state index in [1.54, 1.807) is 13.1 Å². The fourth-order valence-corrected chi connectivity index (χ4v) is 2.26. The van der Waals surface area contributed by atoms with Crippen LogP contribution in [0.5, 0.6) is 0 Å². The predicted molar refractivity (Wildman–Crippen MR) is 75.6 cm³/mol. The summed E-state index contributed by atoms with van der Waals surface area (Å²) in [5, 5.41) is 3.44. The summed E-state index contributed by atoms with van der Waals surface area (Å²) in [6.07, 6.45) is 1.79. The maximum absolute atomic E-state index is 13.4. The number of nitrogens with zero attached hydrogens (tertiary/aromatic N) is 1. The Labute approximate surface area is 113 Å². The average Bonchev–Trinajstić information content (AvgIpc) is 2.40. The van der Waals surface area contributed by atoms with Gasteiger partial charge in [-0.2, -0.15) is 0 Å². The Morgan fingerprint density at radius 2 is 2.05 bits per heavy atom. The molecule has 1 aromatic heterocycles. The molecule has 19 heavy (non-hydrogen) atoms. The third-order valence-corrected chi connectivity index (χ3v) is 3.28. The Morgan fingerprint density at radius 3 is 2.68 bits per heavy atom. The first-order valence-electron chi connectivity index (χ1n) is 6.54. The van der Waals surface area contributed by atoms with Gasteiger partial charge in [-0.25, -0.2) is 4.39 Å². The molecule has 0 aliphatic carbocycles. The zero-order valence-corrected chi connectivity index (χ0v) is 11.6. The lowest BCUT2D eigenvalue weighted by molar-refractivity contribution is 0.604. The summed E-state index contributed by atoms with van der Waals surface area (Å²) in [6.45, 7) is 6.69. The van der Waals surface area contributed by atoms with E-state index in [0.29, 0.717) is 5.56 Å². The van der Waals surface area contributed by atoms with Gasteiger partial charge in [-0.05, 0) is 49.2 Å². The Hall–Kier alpha value is -1.74. The van der Waals surface area contributed by atoms with Crippen molar-refractivity contribution in [2.24, 2.45) is 0 Å². The van der Waals surface area contributed by atoms with E-state index in [-0.39, 0.29) is 11.9 Å². The van der Waals surface area contributed by atoms with Gasteiger partial charge in [0.2, 0.25) is 0 Å². The van der Waals surface area contributed by atoms with E-state index < -0.39 is 0 Å². The second-order valence-electron chi connectivity index (χ2n) is 4.68. The summed E-state index contributed by atoms with van der Waals surface area (Å²) in [7, 11) is 0. The second-order valence-corrected chi connectivity index (χ2v) is 4.68. The molecule has 1 atom stereocenters. The van der Waals surface area contributed by atoms with Gasteiger partial charge in [0.05, 0.1) is 6.04 Å². The first-order valence-corrected chi connectivity index (χ1v) is 6.54. The van der Waals surface area contributed by atoms with Crippen molar-refractivity contribution in [3.05, 3.63) is 64.7 Å². The molecule has 0 fully saturated rings. The van der Waals surface area contributed by atoms with Gasteiger partial charge in [-0.3, -0.25) is 4.98 Å². The molecule has 0 radical (unpaired) electrons. The van der Waals surface area contributed by atoms with Gasteiger partial charge >= 0.3 is 0 Å². The highest BCUT2D eigenvalue weighted by atomic mass is 19.1. The van der Waals surface area contributed by atoms with E-state index in [0.717, 1.165) is 23.4 Å². The van der Waals surface area contributed by atoms with Crippen molar-refractivity contribution < 1.29 is 4.39 Å². The topological polar surface area (TPSA) is 24.9 Å². The number of rotatable bonds is 4. The van der Waals surface area contributed by atoms with Crippen molar-refractivity contribution in [2.75, 3.05) is 6.54 Å². The molecule has 2 nitrogen and oxygen atoms in total. The van der Waals surface area contributed by atoms with E-state index in [4.69, 9.17) is 0 Å². The Kier molecular flexibility index (Phi) is 4.27. The van der Waals surface area contributed by atoms with Crippen molar-refractivity contribution in [2.45, 2.75) is 26.8 Å². The maximum atomic E-state index is 13.4. The van der Waals surface area contributed by atoms with E-state index in [1.165, 1.54) is 6.07 Å². The first-order chi connectivity index (χ1) is 9.13. The fourth-order valence-electron chi connectivity index (χ4n) is 2.26. The molecule has 1 N–H and O–H groups in total. The average molecular weight is 258 g/mol. The minimum absolute atomic E-state index is 0.0537. The molecule has 0 aliphatic rings. The van der Waals surface area contributed by atoms with Gasteiger partial charge in [0.1, 0.15) is 5.82 Å². The van der Waals surface area contributed by atoms with Crippen molar-refractivity contribution in [1.82, 2.24) is 10.3 Å². The van der Waals surface area contributed by atoms with Gasteiger partial charge in [0.25, 0.3) is 0 Å². The van der Waals surface area contributed by atoms with Crippen molar-refractivity contribution in [1.29, 1.82) is 0 Å². The van der Waals surface area contributed by atoms with E-state index in [2.05, 4.69) is 23.3 Å². The number of benzene rings is 1. The van der Waals surface area contributed by atoms with Gasteiger partial charge in [-0.15, -0.1) is 0 Å². The van der Waals surface area contributed by atoms with E-state index >= 15 is 0 Å². The molecule has 2 rings (SSSR count). The van der Waals surface area contributed by atoms with Crippen LogP contribution in [0.2, 0.25) is 0 Å². The Bertz CT molecular complexity index is 566. The molecule has 2 aromatic rings. The standard InChI is InChI=1S/C16H19FN2/c1-4-18-16(14-6-5-9-19-12(14)3)13-7-8-15(17)11(2)10-13/h5-10,16,18H,4H2,1-3H3. The lowest BCUT2D eigenvalue weighted by Crippen LogP contribution is -2.23. The smallest absolute Gasteiger partial charge is 0.126 e. The Morgan fingerprint density at radius 1 is 1.26 bits per heavy atom. The molecule has 1 unspecified atom stereocenters. The lowest BCUT2D eigenvalue weighted by Gasteiger charge is -2.20. The number of pyridine rings is 1. The third-order valence-electron chi connectivity index (χ3n) is 3.28. The molecule has 0 saturated carbocycles. The molecule has 0 bridgehead atoms. The van der Waals surface area contributed by atoms with Crippen LogP contribution < -0.4 is 5.32 Å². The molecule has 0 spiro atoms. The second kappa shape index (κ2) is 5.93. The molecule has 3 heteroatoms. The number of aromatic nitrogens is 1. The van der Waals surface area contributed by atoms with Crippen molar-refractivity contribution >= 4 is 0 Å². The molecule has 0 saturated heterocycles. The molecule has 100 valence electrons. The van der Waals surface area contributed by atoms with Crippen LogP contribution in [0.25, 0.3) is 0 Å². The number of halogens is 1. The molecular formula is C16H19FN2. The van der Waals surface area contributed by atoms with E-state index in [9.17, 15) is 4.39 Å². The zero-order valence-electron chi connectivity index (χ0n) is 11.6. The molecule has 1 heterocycles. The van der Waals surface area contributed by atoms with Crippen LogP contribution in [0.4, 0.5) is 4.39 Å². The quantitative estimate of drug-likeness (QED) is 0.907. The molecule has 0 aliphatic heterocycles. The summed E-state index contributed by atoms with van der Waals surface area (Å²) in [6, 6.07) is 9.31.